The summed E-state index contributed by atoms with van der Waals surface area (Å²) < 4.78 is 0. The highest BCUT2D eigenvalue weighted by Crippen LogP contribution is 2.30. The molecular weight excluding hydrogens is 206 g/mol. The van der Waals surface area contributed by atoms with Crippen LogP contribution >= 0.6 is 11.6 Å². The van der Waals surface area contributed by atoms with Crippen LogP contribution in [0.4, 0.5) is 0 Å². The topological polar surface area (TPSA) is 3.24 Å². The van der Waals surface area contributed by atoms with E-state index in [9.17, 15) is 0 Å². The molecule has 0 saturated carbocycles. The first kappa shape index (κ1) is 11.0. The van der Waals surface area contributed by atoms with Gasteiger partial charge >= 0.3 is 0 Å². The predicted octanol–water partition coefficient (Wildman–Crippen LogP) is 3.54. The van der Waals surface area contributed by atoms with Crippen molar-refractivity contribution in [3.63, 3.8) is 0 Å². The van der Waals surface area contributed by atoms with Gasteiger partial charge in [0.1, 0.15) is 0 Å². The van der Waals surface area contributed by atoms with Crippen LogP contribution in [0, 0.1) is 0 Å². The van der Waals surface area contributed by atoms with Gasteiger partial charge in [-0.2, -0.15) is 0 Å². The second-order valence-corrected chi connectivity index (χ2v) is 4.97. The van der Waals surface area contributed by atoms with E-state index in [1.807, 2.05) is 12.1 Å². The maximum absolute atomic E-state index is 6.02. The maximum atomic E-state index is 6.02. The Labute approximate surface area is 97.0 Å². The molecule has 2 rings (SSSR count). The Kier molecular flexibility index (Phi) is 3.32. The largest absolute Gasteiger partial charge is 0.303 e. The highest BCUT2D eigenvalue weighted by Gasteiger charge is 2.27. The van der Waals surface area contributed by atoms with Crippen molar-refractivity contribution in [2.24, 2.45) is 0 Å². The van der Waals surface area contributed by atoms with Gasteiger partial charge in [-0.05, 0) is 50.0 Å². The number of benzene rings is 1. The van der Waals surface area contributed by atoms with E-state index in [-0.39, 0.29) is 0 Å². The molecule has 1 aliphatic rings. The molecule has 1 saturated heterocycles. The number of likely N-dealkylation sites (tertiary alicyclic amines) is 1. The summed E-state index contributed by atoms with van der Waals surface area (Å²) in [6.07, 6.45) is 2.64. The molecule has 0 spiro atoms. The molecule has 1 heterocycles. The monoisotopic (exact) mass is 223 g/mol. The fourth-order valence-electron chi connectivity index (χ4n) is 2.58. The fourth-order valence-corrected chi connectivity index (χ4v) is 2.78. The van der Waals surface area contributed by atoms with E-state index >= 15 is 0 Å². The molecule has 0 N–H and O–H groups in total. The normalized spacial score (nSPS) is 24.3. The number of rotatable bonds is 2. The van der Waals surface area contributed by atoms with Gasteiger partial charge in [0.05, 0.1) is 0 Å². The van der Waals surface area contributed by atoms with E-state index in [0.29, 0.717) is 12.0 Å². The first-order chi connectivity index (χ1) is 7.18. The van der Waals surface area contributed by atoms with Gasteiger partial charge in [0.25, 0.3) is 0 Å². The lowest BCUT2D eigenvalue weighted by Crippen LogP contribution is -2.29. The molecule has 1 aromatic rings. The third-order valence-corrected chi connectivity index (χ3v) is 3.76. The quantitative estimate of drug-likeness (QED) is 0.742. The van der Waals surface area contributed by atoms with E-state index in [1.54, 1.807) is 0 Å². The zero-order chi connectivity index (χ0) is 10.8. The van der Waals surface area contributed by atoms with Gasteiger partial charge < -0.3 is 4.90 Å². The highest BCUT2D eigenvalue weighted by atomic mass is 35.5. The lowest BCUT2D eigenvalue weighted by atomic mass is 9.92. The Morgan fingerprint density at radius 3 is 2.87 bits per heavy atom. The number of hydrogen-bond donors (Lipinski definition) is 0. The highest BCUT2D eigenvalue weighted by molar-refractivity contribution is 6.30. The van der Waals surface area contributed by atoms with Crippen LogP contribution in [0.15, 0.2) is 24.3 Å². The second-order valence-electron chi connectivity index (χ2n) is 4.53. The van der Waals surface area contributed by atoms with Gasteiger partial charge in [-0.25, -0.2) is 0 Å². The average molecular weight is 224 g/mol. The van der Waals surface area contributed by atoms with Crippen LogP contribution in [0.5, 0.6) is 0 Å². The molecule has 1 aliphatic heterocycles. The Hall–Kier alpha value is -0.530. The van der Waals surface area contributed by atoms with Crippen LogP contribution in [0.25, 0.3) is 0 Å². The van der Waals surface area contributed by atoms with Crippen molar-refractivity contribution in [3.05, 3.63) is 34.9 Å². The van der Waals surface area contributed by atoms with E-state index in [4.69, 9.17) is 11.6 Å². The van der Waals surface area contributed by atoms with Crippen molar-refractivity contribution < 1.29 is 0 Å². The minimum absolute atomic E-state index is 0.580. The van der Waals surface area contributed by atoms with Crippen LogP contribution in [-0.4, -0.2) is 24.5 Å². The summed E-state index contributed by atoms with van der Waals surface area (Å²) in [5.74, 6) is 0.580. The average Bonchev–Trinajstić information content (AvgIpc) is 2.63. The Morgan fingerprint density at radius 1 is 1.47 bits per heavy atom. The first-order valence-corrected chi connectivity index (χ1v) is 6.02. The molecule has 1 fully saturated rings. The van der Waals surface area contributed by atoms with E-state index in [0.717, 1.165) is 5.02 Å². The van der Waals surface area contributed by atoms with Crippen molar-refractivity contribution in [2.45, 2.75) is 31.7 Å². The first-order valence-electron chi connectivity index (χ1n) is 5.64. The molecule has 0 radical (unpaired) electrons. The number of nitrogens with zero attached hydrogens (tertiary/aromatic N) is 1. The Bertz CT molecular complexity index is 337. The summed E-state index contributed by atoms with van der Waals surface area (Å²) in [6.45, 7) is 3.54. The summed E-state index contributed by atoms with van der Waals surface area (Å²) in [7, 11) is 2.22. The minimum Gasteiger partial charge on any atom is -0.303 e. The molecule has 15 heavy (non-hydrogen) atoms. The zero-order valence-electron chi connectivity index (χ0n) is 9.41. The van der Waals surface area contributed by atoms with E-state index in [1.165, 1.54) is 24.9 Å². The van der Waals surface area contributed by atoms with Crippen LogP contribution in [0.2, 0.25) is 5.02 Å². The summed E-state index contributed by atoms with van der Waals surface area (Å²) in [6, 6.07) is 8.95. The SMILES string of the molecule is CC(c1cccc(Cl)c1)C1CCCN1C. The molecule has 2 unspecified atom stereocenters. The van der Waals surface area contributed by atoms with Crippen LogP contribution in [0.1, 0.15) is 31.2 Å². The lowest BCUT2D eigenvalue weighted by molar-refractivity contribution is 0.279. The molecule has 0 bridgehead atoms. The van der Waals surface area contributed by atoms with Crippen LogP contribution < -0.4 is 0 Å². The minimum atomic E-state index is 0.580. The summed E-state index contributed by atoms with van der Waals surface area (Å²) in [5, 5.41) is 0.847. The molecule has 1 nitrogen and oxygen atoms in total. The van der Waals surface area contributed by atoms with E-state index < -0.39 is 0 Å². The van der Waals surface area contributed by atoms with Gasteiger partial charge in [0, 0.05) is 11.1 Å². The smallest absolute Gasteiger partial charge is 0.0408 e. The zero-order valence-corrected chi connectivity index (χ0v) is 10.2. The van der Waals surface area contributed by atoms with Crippen molar-refractivity contribution in [1.29, 1.82) is 0 Å². The standard InChI is InChI=1S/C13H18ClN/c1-10(13-7-4-8-15(13)2)11-5-3-6-12(14)9-11/h3,5-6,9-10,13H,4,7-8H2,1-2H3. The third-order valence-electron chi connectivity index (χ3n) is 3.53. The number of likely N-dealkylation sites (N-methyl/N-ethyl adjacent to an activating group) is 1. The molecular formula is C13H18ClN. The third kappa shape index (κ3) is 2.35. The van der Waals surface area contributed by atoms with Crippen molar-refractivity contribution >= 4 is 11.6 Å². The molecule has 2 heteroatoms. The van der Waals surface area contributed by atoms with Crippen molar-refractivity contribution in [2.75, 3.05) is 13.6 Å². The summed E-state index contributed by atoms with van der Waals surface area (Å²) >= 11 is 6.02. The van der Waals surface area contributed by atoms with Gasteiger partial charge in [0.15, 0.2) is 0 Å². The van der Waals surface area contributed by atoms with Gasteiger partial charge in [-0.3, -0.25) is 0 Å². The molecule has 1 aromatic carbocycles. The fraction of sp³-hybridized carbons (Fsp3) is 0.538. The van der Waals surface area contributed by atoms with Crippen LogP contribution in [-0.2, 0) is 0 Å². The molecule has 0 aliphatic carbocycles. The lowest BCUT2D eigenvalue weighted by Gasteiger charge is -2.26. The predicted molar refractivity (Wildman–Crippen MR) is 65.5 cm³/mol. The second kappa shape index (κ2) is 4.54. The summed E-state index contributed by atoms with van der Waals surface area (Å²) in [4.78, 5) is 2.46. The van der Waals surface area contributed by atoms with Crippen LogP contribution in [0.3, 0.4) is 0 Å². The van der Waals surface area contributed by atoms with Crippen molar-refractivity contribution in [1.82, 2.24) is 4.90 Å². The Morgan fingerprint density at radius 2 is 2.27 bits per heavy atom. The number of halogens is 1. The molecule has 0 amide bonds. The molecule has 0 aromatic heterocycles. The van der Waals surface area contributed by atoms with Crippen molar-refractivity contribution in [3.8, 4) is 0 Å². The molecule has 2 atom stereocenters. The number of hydrogen-bond acceptors (Lipinski definition) is 1. The Balaban J connectivity index is 2.16. The van der Waals surface area contributed by atoms with Gasteiger partial charge in [-0.1, -0.05) is 30.7 Å². The van der Waals surface area contributed by atoms with E-state index in [2.05, 4.69) is 31.0 Å². The summed E-state index contributed by atoms with van der Waals surface area (Å²) in [5.41, 5.74) is 1.36. The van der Waals surface area contributed by atoms with Gasteiger partial charge in [-0.15, -0.1) is 0 Å². The van der Waals surface area contributed by atoms with Gasteiger partial charge in [0.2, 0.25) is 0 Å². The maximum Gasteiger partial charge on any atom is 0.0408 e. The molecule has 82 valence electrons.